The molecule has 0 amide bonds. The van der Waals surface area contributed by atoms with E-state index in [9.17, 15) is 9.59 Å². The molecule has 0 aliphatic rings. The quantitative estimate of drug-likeness (QED) is 0.387. The molecule has 0 unspecified atom stereocenters. The van der Waals surface area contributed by atoms with Crippen LogP contribution in [0.2, 0.25) is 0 Å². The minimum atomic E-state index is -0.453. The van der Waals surface area contributed by atoms with Crippen molar-refractivity contribution in [1.82, 2.24) is 0 Å². The molecule has 3 nitrogen and oxygen atoms in total. The Labute approximate surface area is 146 Å². The first-order chi connectivity index (χ1) is 12.2. The maximum Gasteiger partial charge on any atom is 0.343 e. The zero-order valence-corrected chi connectivity index (χ0v) is 13.9. The highest BCUT2D eigenvalue weighted by atomic mass is 16.5. The Hall–Kier alpha value is -3.20. The Morgan fingerprint density at radius 1 is 0.760 bits per heavy atom. The molecule has 0 N–H and O–H groups in total. The minimum Gasteiger partial charge on any atom is -0.423 e. The summed E-state index contributed by atoms with van der Waals surface area (Å²) >= 11 is 0. The van der Waals surface area contributed by atoms with Gasteiger partial charge in [-0.1, -0.05) is 67.6 Å². The van der Waals surface area contributed by atoms with Crippen molar-refractivity contribution in [2.75, 3.05) is 0 Å². The molecule has 3 heteroatoms. The number of esters is 1. The molecule has 0 saturated heterocycles. The summed E-state index contributed by atoms with van der Waals surface area (Å²) in [6, 6.07) is 23.2. The van der Waals surface area contributed by atoms with Gasteiger partial charge in [0.25, 0.3) is 0 Å². The lowest BCUT2D eigenvalue weighted by Gasteiger charge is -2.12. The molecule has 0 bridgehead atoms. The lowest BCUT2D eigenvalue weighted by atomic mass is 9.93. The Balaban J connectivity index is 1.96. The highest BCUT2D eigenvalue weighted by Gasteiger charge is 2.20. The van der Waals surface area contributed by atoms with Crippen LogP contribution in [0.5, 0.6) is 5.75 Å². The summed E-state index contributed by atoms with van der Waals surface area (Å²) in [7, 11) is 0. The number of carbonyl (C=O) groups is 2. The molecule has 0 fully saturated rings. The van der Waals surface area contributed by atoms with Gasteiger partial charge in [0.05, 0.1) is 5.56 Å². The van der Waals surface area contributed by atoms with Gasteiger partial charge in [0.2, 0.25) is 0 Å². The number of para-hydroxylation sites is 1. The first kappa shape index (κ1) is 16.7. The van der Waals surface area contributed by atoms with Crippen LogP contribution in [-0.2, 0) is 6.42 Å². The molecule has 25 heavy (non-hydrogen) atoms. The normalized spacial score (nSPS) is 10.3. The average molecular weight is 330 g/mol. The monoisotopic (exact) mass is 330 g/mol. The van der Waals surface area contributed by atoms with Crippen molar-refractivity contribution in [2.45, 2.75) is 13.3 Å². The van der Waals surface area contributed by atoms with Crippen LogP contribution in [-0.4, -0.2) is 11.8 Å². The van der Waals surface area contributed by atoms with Crippen LogP contribution in [0.15, 0.2) is 78.9 Å². The second-order valence-electron chi connectivity index (χ2n) is 5.58. The van der Waals surface area contributed by atoms with E-state index in [1.54, 1.807) is 54.6 Å². The van der Waals surface area contributed by atoms with Gasteiger partial charge in [0.1, 0.15) is 5.75 Å². The maximum absolute atomic E-state index is 12.8. The van der Waals surface area contributed by atoms with Crippen LogP contribution >= 0.6 is 0 Å². The van der Waals surface area contributed by atoms with E-state index in [2.05, 4.69) is 0 Å². The van der Waals surface area contributed by atoms with E-state index < -0.39 is 5.97 Å². The summed E-state index contributed by atoms with van der Waals surface area (Å²) in [6.07, 6.45) is 0.563. The first-order valence-electron chi connectivity index (χ1n) is 8.19. The van der Waals surface area contributed by atoms with E-state index in [1.165, 1.54) is 0 Å². The smallest absolute Gasteiger partial charge is 0.343 e. The van der Waals surface area contributed by atoms with Crippen LogP contribution in [0, 0.1) is 0 Å². The van der Waals surface area contributed by atoms with E-state index >= 15 is 0 Å². The molecule has 0 atom stereocenters. The molecule has 3 rings (SSSR count). The molecule has 3 aromatic carbocycles. The fourth-order valence-electron chi connectivity index (χ4n) is 2.77. The van der Waals surface area contributed by atoms with E-state index in [1.807, 2.05) is 31.2 Å². The number of ether oxygens (including phenoxy) is 1. The lowest BCUT2D eigenvalue weighted by Crippen LogP contribution is -2.15. The highest BCUT2D eigenvalue weighted by molar-refractivity contribution is 6.11. The minimum absolute atomic E-state index is 0.0909. The Bertz CT molecular complexity index is 884. The SMILES string of the molecule is CCc1c(C(=O)Oc2ccccc2)cccc1C(=O)c1ccccc1. The predicted molar refractivity (Wildman–Crippen MR) is 97.1 cm³/mol. The van der Waals surface area contributed by atoms with Crippen LogP contribution in [0.3, 0.4) is 0 Å². The van der Waals surface area contributed by atoms with Gasteiger partial charge in [-0.05, 0) is 30.2 Å². The van der Waals surface area contributed by atoms with Crippen LogP contribution in [0.4, 0.5) is 0 Å². The maximum atomic E-state index is 12.8. The summed E-state index contributed by atoms with van der Waals surface area (Å²) in [5.41, 5.74) is 2.27. The van der Waals surface area contributed by atoms with Crippen molar-refractivity contribution in [3.05, 3.63) is 101 Å². The lowest BCUT2D eigenvalue weighted by molar-refractivity contribution is 0.0733. The van der Waals surface area contributed by atoms with Gasteiger partial charge in [-0.3, -0.25) is 4.79 Å². The number of hydrogen-bond acceptors (Lipinski definition) is 3. The first-order valence-corrected chi connectivity index (χ1v) is 8.19. The third-order valence-electron chi connectivity index (χ3n) is 3.98. The van der Waals surface area contributed by atoms with Gasteiger partial charge in [0, 0.05) is 11.1 Å². The molecular weight excluding hydrogens is 312 g/mol. The fraction of sp³-hybridized carbons (Fsp3) is 0.0909. The molecule has 0 aliphatic heterocycles. The number of hydrogen-bond donors (Lipinski definition) is 0. The van der Waals surface area contributed by atoms with Crippen molar-refractivity contribution in [1.29, 1.82) is 0 Å². The Morgan fingerprint density at radius 2 is 1.36 bits per heavy atom. The molecule has 0 radical (unpaired) electrons. The van der Waals surface area contributed by atoms with E-state index in [0.29, 0.717) is 34.4 Å². The third-order valence-corrected chi connectivity index (χ3v) is 3.98. The molecular formula is C22H18O3. The summed E-state index contributed by atoms with van der Waals surface area (Å²) in [5.74, 6) is -0.0630. The average Bonchev–Trinajstić information content (AvgIpc) is 2.68. The van der Waals surface area contributed by atoms with Crippen molar-refractivity contribution in [3.63, 3.8) is 0 Å². The molecule has 0 heterocycles. The van der Waals surface area contributed by atoms with E-state index in [0.717, 1.165) is 0 Å². The summed E-state index contributed by atoms with van der Waals surface area (Å²) in [5, 5.41) is 0. The van der Waals surface area contributed by atoms with Gasteiger partial charge < -0.3 is 4.74 Å². The summed E-state index contributed by atoms with van der Waals surface area (Å²) in [6.45, 7) is 1.93. The molecule has 0 aromatic heterocycles. The molecule has 0 aliphatic carbocycles. The van der Waals surface area contributed by atoms with Gasteiger partial charge in [-0.2, -0.15) is 0 Å². The second kappa shape index (κ2) is 7.58. The van der Waals surface area contributed by atoms with E-state index in [-0.39, 0.29) is 5.78 Å². The van der Waals surface area contributed by atoms with E-state index in [4.69, 9.17) is 4.74 Å². The van der Waals surface area contributed by atoms with Crippen LogP contribution in [0.25, 0.3) is 0 Å². The zero-order valence-electron chi connectivity index (χ0n) is 13.9. The van der Waals surface area contributed by atoms with Gasteiger partial charge >= 0.3 is 5.97 Å². The highest BCUT2D eigenvalue weighted by Crippen LogP contribution is 2.21. The zero-order chi connectivity index (χ0) is 17.6. The topological polar surface area (TPSA) is 43.4 Å². The van der Waals surface area contributed by atoms with Crippen molar-refractivity contribution >= 4 is 11.8 Å². The van der Waals surface area contributed by atoms with Gasteiger partial charge in [-0.25, -0.2) is 4.79 Å². The van der Waals surface area contributed by atoms with Crippen LogP contribution in [0.1, 0.15) is 38.8 Å². The predicted octanol–water partition coefficient (Wildman–Crippen LogP) is 4.70. The van der Waals surface area contributed by atoms with Gasteiger partial charge in [0.15, 0.2) is 5.78 Å². The number of benzene rings is 3. The third kappa shape index (κ3) is 3.66. The Kier molecular flexibility index (Phi) is 5.05. The fourth-order valence-corrected chi connectivity index (χ4v) is 2.77. The number of ketones is 1. The number of carbonyl (C=O) groups excluding carboxylic acids is 2. The van der Waals surface area contributed by atoms with Crippen molar-refractivity contribution in [2.24, 2.45) is 0 Å². The van der Waals surface area contributed by atoms with Crippen LogP contribution < -0.4 is 4.74 Å². The molecule has 124 valence electrons. The van der Waals surface area contributed by atoms with Crippen molar-refractivity contribution in [3.8, 4) is 5.75 Å². The summed E-state index contributed by atoms with van der Waals surface area (Å²) in [4.78, 5) is 25.4. The number of rotatable bonds is 5. The van der Waals surface area contributed by atoms with Crippen molar-refractivity contribution < 1.29 is 14.3 Å². The summed E-state index contributed by atoms with van der Waals surface area (Å²) < 4.78 is 5.43. The van der Waals surface area contributed by atoms with Gasteiger partial charge in [-0.15, -0.1) is 0 Å². The second-order valence-corrected chi connectivity index (χ2v) is 5.58. The Morgan fingerprint density at radius 3 is 2.00 bits per heavy atom. The molecule has 0 spiro atoms. The molecule has 3 aromatic rings. The standard InChI is InChI=1S/C22H18O3/c1-2-18-19(21(23)16-10-5-3-6-11-16)14-9-15-20(18)22(24)25-17-12-7-4-8-13-17/h3-15H,2H2,1H3. The largest absolute Gasteiger partial charge is 0.423 e. The molecule has 0 saturated carbocycles.